The van der Waals surface area contributed by atoms with Crippen LogP contribution in [0.15, 0.2) is 48.5 Å². The summed E-state index contributed by atoms with van der Waals surface area (Å²) < 4.78 is 18.7. The molecule has 0 spiro atoms. The normalized spacial score (nSPS) is 20.7. The van der Waals surface area contributed by atoms with Crippen molar-refractivity contribution in [1.82, 2.24) is 4.90 Å². The lowest BCUT2D eigenvalue weighted by molar-refractivity contribution is 0.0754. The molecule has 2 aromatic carbocycles. The molecular formula is C23H27FN2O2. The van der Waals surface area contributed by atoms with E-state index in [9.17, 15) is 9.18 Å². The van der Waals surface area contributed by atoms with Gasteiger partial charge < -0.3 is 14.5 Å². The molecule has 2 aliphatic heterocycles. The van der Waals surface area contributed by atoms with Crippen LogP contribution in [0.25, 0.3) is 0 Å². The summed E-state index contributed by atoms with van der Waals surface area (Å²) in [6.45, 7) is 4.74. The fraction of sp³-hybridized carbons (Fsp3) is 0.435. The first-order valence-corrected chi connectivity index (χ1v) is 10.2. The van der Waals surface area contributed by atoms with Gasteiger partial charge in [0.15, 0.2) is 0 Å². The van der Waals surface area contributed by atoms with Crippen LogP contribution >= 0.6 is 0 Å². The Kier molecular flexibility index (Phi) is 5.91. The van der Waals surface area contributed by atoms with Crippen LogP contribution in [-0.2, 0) is 4.74 Å². The third-order valence-corrected chi connectivity index (χ3v) is 5.79. The third-order valence-electron chi connectivity index (χ3n) is 5.79. The van der Waals surface area contributed by atoms with E-state index < -0.39 is 0 Å². The van der Waals surface area contributed by atoms with E-state index in [2.05, 4.69) is 4.90 Å². The van der Waals surface area contributed by atoms with Crippen LogP contribution in [0.3, 0.4) is 0 Å². The van der Waals surface area contributed by atoms with E-state index in [1.165, 1.54) is 12.1 Å². The summed E-state index contributed by atoms with van der Waals surface area (Å²) >= 11 is 0. The maximum Gasteiger partial charge on any atom is 0.253 e. The van der Waals surface area contributed by atoms with Gasteiger partial charge >= 0.3 is 0 Å². The summed E-state index contributed by atoms with van der Waals surface area (Å²) in [4.78, 5) is 17.4. The minimum Gasteiger partial charge on any atom is -0.378 e. The number of likely N-dealkylation sites (tertiary alicyclic amines) is 1. The molecule has 1 unspecified atom stereocenters. The number of morpholine rings is 1. The summed E-state index contributed by atoms with van der Waals surface area (Å²) in [5.74, 6) is 0.132. The molecule has 2 aliphatic rings. The predicted octanol–water partition coefficient (Wildman–Crippen LogP) is 4.07. The third kappa shape index (κ3) is 4.36. The quantitative estimate of drug-likeness (QED) is 0.802. The molecule has 0 bridgehead atoms. The van der Waals surface area contributed by atoms with Gasteiger partial charge in [0.25, 0.3) is 5.91 Å². The van der Waals surface area contributed by atoms with Crippen LogP contribution in [0.1, 0.15) is 41.1 Å². The molecule has 0 saturated carbocycles. The summed E-state index contributed by atoms with van der Waals surface area (Å²) in [5, 5.41) is 0. The number of nitrogens with zero attached hydrogens (tertiary/aromatic N) is 2. The van der Waals surface area contributed by atoms with E-state index in [4.69, 9.17) is 4.74 Å². The molecule has 2 fully saturated rings. The topological polar surface area (TPSA) is 32.8 Å². The zero-order chi connectivity index (χ0) is 19.3. The Labute approximate surface area is 165 Å². The van der Waals surface area contributed by atoms with Gasteiger partial charge in [-0.25, -0.2) is 4.39 Å². The predicted molar refractivity (Wildman–Crippen MR) is 108 cm³/mol. The molecule has 148 valence electrons. The number of carbonyl (C=O) groups excluding carboxylic acids is 1. The smallest absolute Gasteiger partial charge is 0.253 e. The lowest BCUT2D eigenvalue weighted by Gasteiger charge is -2.29. The fourth-order valence-electron chi connectivity index (χ4n) is 4.15. The molecule has 2 heterocycles. The Bertz CT molecular complexity index is 785. The van der Waals surface area contributed by atoms with Gasteiger partial charge in [-0.05, 0) is 54.8 Å². The largest absolute Gasteiger partial charge is 0.378 e. The highest BCUT2D eigenvalue weighted by Gasteiger charge is 2.24. The van der Waals surface area contributed by atoms with Crippen LogP contribution in [-0.4, -0.2) is 50.2 Å². The lowest BCUT2D eigenvalue weighted by atomic mass is 9.94. The van der Waals surface area contributed by atoms with Gasteiger partial charge in [0.1, 0.15) is 5.82 Å². The SMILES string of the molecule is O=C(c1ccc(N2CCOCC2)cc1)N1CCCCC(c2ccc(F)cc2)C1. The van der Waals surface area contributed by atoms with Gasteiger partial charge in [0.05, 0.1) is 13.2 Å². The van der Waals surface area contributed by atoms with Crippen molar-refractivity contribution in [3.8, 4) is 0 Å². The van der Waals surface area contributed by atoms with Gasteiger partial charge in [-0.3, -0.25) is 4.79 Å². The first kappa shape index (κ1) is 18.9. The minimum atomic E-state index is -0.217. The number of halogens is 1. The highest BCUT2D eigenvalue weighted by molar-refractivity contribution is 5.94. The average molecular weight is 382 g/mol. The molecule has 28 heavy (non-hydrogen) atoms. The van der Waals surface area contributed by atoms with Gasteiger partial charge in [0, 0.05) is 43.3 Å². The first-order valence-electron chi connectivity index (χ1n) is 10.2. The molecule has 0 radical (unpaired) electrons. The number of anilines is 1. The molecule has 4 rings (SSSR count). The van der Waals surface area contributed by atoms with Gasteiger partial charge in [-0.1, -0.05) is 18.6 Å². The molecule has 1 amide bonds. The van der Waals surface area contributed by atoms with Gasteiger partial charge in [-0.2, -0.15) is 0 Å². The zero-order valence-electron chi connectivity index (χ0n) is 16.1. The van der Waals surface area contributed by atoms with Crippen molar-refractivity contribution in [2.75, 3.05) is 44.3 Å². The molecule has 2 aromatic rings. The number of benzene rings is 2. The number of hydrogen-bond acceptors (Lipinski definition) is 3. The fourth-order valence-corrected chi connectivity index (χ4v) is 4.15. The highest BCUT2D eigenvalue weighted by atomic mass is 19.1. The second-order valence-corrected chi connectivity index (χ2v) is 7.64. The molecule has 4 nitrogen and oxygen atoms in total. The minimum absolute atomic E-state index is 0.0857. The molecule has 2 saturated heterocycles. The Morgan fingerprint density at radius 2 is 1.64 bits per heavy atom. The average Bonchev–Trinajstić information content (AvgIpc) is 3.01. The molecule has 1 atom stereocenters. The summed E-state index contributed by atoms with van der Waals surface area (Å²) in [6.07, 6.45) is 3.13. The summed E-state index contributed by atoms with van der Waals surface area (Å²) in [7, 11) is 0. The van der Waals surface area contributed by atoms with Crippen LogP contribution in [0, 0.1) is 5.82 Å². The first-order chi connectivity index (χ1) is 13.7. The second kappa shape index (κ2) is 8.74. The van der Waals surface area contributed by atoms with Crippen LogP contribution in [0.5, 0.6) is 0 Å². The number of carbonyl (C=O) groups is 1. The standard InChI is InChI=1S/C23H27FN2O2/c24-21-8-4-18(5-9-21)20-3-1-2-12-26(17-20)23(27)19-6-10-22(11-7-19)25-13-15-28-16-14-25/h4-11,20H,1-3,12-17H2. The molecule has 5 heteroatoms. The van der Waals surface area contributed by atoms with Gasteiger partial charge in [0.2, 0.25) is 0 Å². The monoisotopic (exact) mass is 382 g/mol. The van der Waals surface area contributed by atoms with Crippen molar-refractivity contribution in [2.45, 2.75) is 25.2 Å². The van der Waals surface area contributed by atoms with Crippen LogP contribution < -0.4 is 4.90 Å². The Hall–Kier alpha value is -2.40. The lowest BCUT2D eigenvalue weighted by Crippen LogP contribution is -2.36. The van der Waals surface area contributed by atoms with Crippen LogP contribution in [0.4, 0.5) is 10.1 Å². The van der Waals surface area contributed by atoms with E-state index in [0.717, 1.165) is 68.9 Å². The van der Waals surface area contributed by atoms with Crippen molar-refractivity contribution < 1.29 is 13.9 Å². The van der Waals surface area contributed by atoms with E-state index in [1.807, 2.05) is 41.3 Å². The Morgan fingerprint density at radius 1 is 0.929 bits per heavy atom. The molecular weight excluding hydrogens is 355 g/mol. The number of amides is 1. The molecule has 0 aromatic heterocycles. The maximum atomic E-state index is 13.3. The number of hydrogen-bond donors (Lipinski definition) is 0. The summed E-state index contributed by atoms with van der Waals surface area (Å²) in [6, 6.07) is 14.7. The van der Waals surface area contributed by atoms with Crippen LogP contribution in [0.2, 0.25) is 0 Å². The zero-order valence-corrected chi connectivity index (χ0v) is 16.1. The van der Waals surface area contributed by atoms with Crippen molar-refractivity contribution in [1.29, 1.82) is 0 Å². The van der Waals surface area contributed by atoms with E-state index in [1.54, 1.807) is 0 Å². The van der Waals surface area contributed by atoms with Crippen molar-refractivity contribution in [3.05, 3.63) is 65.5 Å². The van der Waals surface area contributed by atoms with Gasteiger partial charge in [-0.15, -0.1) is 0 Å². The number of rotatable bonds is 3. The number of ether oxygens (including phenoxy) is 1. The molecule has 0 aliphatic carbocycles. The van der Waals surface area contributed by atoms with E-state index in [0.29, 0.717) is 6.54 Å². The van der Waals surface area contributed by atoms with Crippen molar-refractivity contribution in [3.63, 3.8) is 0 Å². The molecule has 0 N–H and O–H groups in total. The highest BCUT2D eigenvalue weighted by Crippen LogP contribution is 2.28. The van der Waals surface area contributed by atoms with Crippen molar-refractivity contribution >= 4 is 11.6 Å². The maximum absolute atomic E-state index is 13.3. The summed E-state index contributed by atoms with van der Waals surface area (Å²) in [5.41, 5.74) is 2.99. The van der Waals surface area contributed by atoms with Crippen molar-refractivity contribution in [2.24, 2.45) is 0 Å². The van der Waals surface area contributed by atoms with E-state index >= 15 is 0 Å². The Balaban J connectivity index is 1.46. The van der Waals surface area contributed by atoms with E-state index in [-0.39, 0.29) is 17.6 Å². The second-order valence-electron chi connectivity index (χ2n) is 7.64. The Morgan fingerprint density at radius 3 is 2.36 bits per heavy atom.